The number of ether oxygens (including phenoxy) is 1. The summed E-state index contributed by atoms with van der Waals surface area (Å²) in [4.78, 5) is 0.157. The predicted octanol–water partition coefficient (Wildman–Crippen LogP) is 3.24. The van der Waals surface area contributed by atoms with Crippen molar-refractivity contribution in [3.63, 3.8) is 0 Å². The first kappa shape index (κ1) is 16.4. The SMILES string of the molecule is O=S(=O)(c1cccc(Cl)c1)N1CCOC(c2ccc(F)cc2)C1. The molecule has 23 heavy (non-hydrogen) atoms. The molecule has 1 atom stereocenters. The third kappa shape index (κ3) is 3.55. The molecule has 0 radical (unpaired) electrons. The number of benzene rings is 2. The van der Waals surface area contributed by atoms with Crippen molar-refractivity contribution in [1.82, 2.24) is 4.31 Å². The highest BCUT2D eigenvalue weighted by molar-refractivity contribution is 7.89. The molecule has 1 unspecified atom stereocenters. The average molecular weight is 356 g/mol. The van der Waals surface area contributed by atoms with E-state index in [4.69, 9.17) is 16.3 Å². The third-order valence-corrected chi connectivity index (χ3v) is 5.80. The van der Waals surface area contributed by atoms with Crippen molar-refractivity contribution < 1.29 is 17.5 Å². The molecule has 122 valence electrons. The van der Waals surface area contributed by atoms with Crippen LogP contribution in [0.4, 0.5) is 4.39 Å². The van der Waals surface area contributed by atoms with Gasteiger partial charge < -0.3 is 4.74 Å². The average Bonchev–Trinajstić information content (AvgIpc) is 2.56. The molecule has 1 heterocycles. The van der Waals surface area contributed by atoms with Gasteiger partial charge in [-0.3, -0.25) is 0 Å². The Bertz CT molecular complexity index is 795. The summed E-state index contributed by atoms with van der Waals surface area (Å²) < 4.78 is 45.5. The molecule has 1 aliphatic rings. The highest BCUT2D eigenvalue weighted by Crippen LogP contribution is 2.27. The summed E-state index contributed by atoms with van der Waals surface area (Å²) in [6.45, 7) is 0.731. The van der Waals surface area contributed by atoms with Crippen LogP contribution in [-0.2, 0) is 14.8 Å². The Hall–Kier alpha value is -1.47. The topological polar surface area (TPSA) is 46.6 Å². The molecule has 0 spiro atoms. The Labute approximate surface area is 139 Å². The number of sulfonamides is 1. The van der Waals surface area contributed by atoms with Gasteiger partial charge in [-0.05, 0) is 35.9 Å². The molecule has 7 heteroatoms. The van der Waals surface area contributed by atoms with Gasteiger partial charge in [-0.15, -0.1) is 0 Å². The number of hydrogen-bond acceptors (Lipinski definition) is 3. The molecule has 2 aromatic rings. The van der Waals surface area contributed by atoms with Crippen LogP contribution in [-0.4, -0.2) is 32.4 Å². The highest BCUT2D eigenvalue weighted by Gasteiger charge is 2.31. The van der Waals surface area contributed by atoms with Gasteiger partial charge in [-0.1, -0.05) is 29.8 Å². The van der Waals surface area contributed by atoms with Gasteiger partial charge in [-0.25, -0.2) is 12.8 Å². The van der Waals surface area contributed by atoms with Crippen molar-refractivity contribution in [3.05, 3.63) is 64.9 Å². The minimum Gasteiger partial charge on any atom is -0.371 e. The fraction of sp³-hybridized carbons (Fsp3) is 0.250. The summed E-state index contributed by atoms with van der Waals surface area (Å²) in [6, 6.07) is 12.1. The van der Waals surface area contributed by atoms with Crippen LogP contribution in [0.15, 0.2) is 53.4 Å². The fourth-order valence-electron chi connectivity index (χ4n) is 2.50. The number of rotatable bonds is 3. The molecule has 0 aromatic heterocycles. The van der Waals surface area contributed by atoms with Crippen LogP contribution >= 0.6 is 11.6 Å². The van der Waals surface area contributed by atoms with Gasteiger partial charge in [-0.2, -0.15) is 4.31 Å². The van der Waals surface area contributed by atoms with E-state index in [-0.39, 0.29) is 30.4 Å². The molecular formula is C16H15ClFNO3S. The van der Waals surface area contributed by atoms with Gasteiger partial charge >= 0.3 is 0 Å². The number of nitrogens with zero attached hydrogens (tertiary/aromatic N) is 1. The highest BCUT2D eigenvalue weighted by atomic mass is 35.5. The van der Waals surface area contributed by atoms with E-state index in [1.807, 2.05) is 0 Å². The molecule has 1 saturated heterocycles. The Morgan fingerprint density at radius 2 is 1.91 bits per heavy atom. The molecule has 0 N–H and O–H groups in total. The number of morpholine rings is 1. The summed E-state index contributed by atoms with van der Waals surface area (Å²) in [5.74, 6) is -0.340. The van der Waals surface area contributed by atoms with Gasteiger partial charge in [0, 0.05) is 18.1 Å². The van der Waals surface area contributed by atoms with Gasteiger partial charge in [0.15, 0.2) is 0 Å². The molecule has 0 amide bonds. The second kappa shape index (κ2) is 6.57. The van der Waals surface area contributed by atoms with E-state index in [1.165, 1.54) is 28.6 Å². The van der Waals surface area contributed by atoms with Crippen molar-refractivity contribution in [1.29, 1.82) is 0 Å². The van der Waals surface area contributed by atoms with Crippen LogP contribution in [0.25, 0.3) is 0 Å². The van der Waals surface area contributed by atoms with Crippen molar-refractivity contribution >= 4 is 21.6 Å². The minimum atomic E-state index is -3.64. The second-order valence-corrected chi connectivity index (χ2v) is 7.61. The molecular weight excluding hydrogens is 341 g/mol. The molecule has 1 fully saturated rings. The molecule has 1 aliphatic heterocycles. The molecule has 4 nitrogen and oxygen atoms in total. The van der Waals surface area contributed by atoms with Crippen LogP contribution in [0.5, 0.6) is 0 Å². The van der Waals surface area contributed by atoms with Gasteiger partial charge in [0.2, 0.25) is 10.0 Å². The Balaban J connectivity index is 1.84. The minimum absolute atomic E-state index is 0.157. The summed E-state index contributed by atoms with van der Waals surface area (Å²) in [5.41, 5.74) is 0.748. The Morgan fingerprint density at radius 3 is 2.61 bits per heavy atom. The maximum atomic E-state index is 13.0. The van der Waals surface area contributed by atoms with Crippen molar-refractivity contribution in [3.8, 4) is 0 Å². The number of hydrogen-bond donors (Lipinski definition) is 0. The molecule has 2 aromatic carbocycles. The monoisotopic (exact) mass is 355 g/mol. The quantitative estimate of drug-likeness (QED) is 0.849. The van der Waals surface area contributed by atoms with E-state index in [0.29, 0.717) is 5.02 Å². The van der Waals surface area contributed by atoms with E-state index >= 15 is 0 Å². The zero-order valence-corrected chi connectivity index (χ0v) is 13.7. The largest absolute Gasteiger partial charge is 0.371 e. The van der Waals surface area contributed by atoms with E-state index < -0.39 is 16.1 Å². The summed E-state index contributed by atoms with van der Waals surface area (Å²) >= 11 is 5.89. The van der Waals surface area contributed by atoms with Crippen LogP contribution in [0.1, 0.15) is 11.7 Å². The fourth-order valence-corrected chi connectivity index (χ4v) is 4.23. The van der Waals surface area contributed by atoms with E-state index in [9.17, 15) is 12.8 Å². The molecule has 0 saturated carbocycles. The Kier molecular flexibility index (Phi) is 4.68. The van der Waals surface area contributed by atoms with E-state index in [0.717, 1.165) is 5.56 Å². The standard InChI is InChI=1S/C16H15ClFNO3S/c17-13-2-1-3-15(10-13)23(20,21)19-8-9-22-16(11-19)12-4-6-14(18)7-5-12/h1-7,10,16H,8-9,11H2. The van der Waals surface area contributed by atoms with Gasteiger partial charge in [0.25, 0.3) is 0 Å². The second-order valence-electron chi connectivity index (χ2n) is 5.23. The van der Waals surface area contributed by atoms with Crippen LogP contribution < -0.4 is 0 Å². The van der Waals surface area contributed by atoms with Crippen LogP contribution in [0.3, 0.4) is 0 Å². The lowest BCUT2D eigenvalue weighted by Crippen LogP contribution is -2.42. The van der Waals surface area contributed by atoms with Crippen molar-refractivity contribution in [2.45, 2.75) is 11.0 Å². The summed E-state index contributed by atoms with van der Waals surface area (Å²) in [7, 11) is -3.64. The predicted molar refractivity (Wildman–Crippen MR) is 85.3 cm³/mol. The lowest BCUT2D eigenvalue weighted by atomic mass is 10.1. The summed E-state index contributed by atoms with van der Waals surface area (Å²) in [6.07, 6.45) is -0.418. The first-order chi connectivity index (χ1) is 11.0. The van der Waals surface area contributed by atoms with E-state index in [2.05, 4.69) is 0 Å². The zero-order valence-electron chi connectivity index (χ0n) is 12.2. The lowest BCUT2D eigenvalue weighted by molar-refractivity contribution is -0.00258. The summed E-state index contributed by atoms with van der Waals surface area (Å²) in [5, 5.41) is 0.370. The lowest BCUT2D eigenvalue weighted by Gasteiger charge is -2.32. The maximum Gasteiger partial charge on any atom is 0.243 e. The maximum absolute atomic E-state index is 13.0. The first-order valence-electron chi connectivity index (χ1n) is 7.09. The first-order valence-corrected chi connectivity index (χ1v) is 8.91. The Morgan fingerprint density at radius 1 is 1.17 bits per heavy atom. The van der Waals surface area contributed by atoms with Crippen LogP contribution in [0.2, 0.25) is 5.02 Å². The van der Waals surface area contributed by atoms with Gasteiger partial charge in [0.1, 0.15) is 5.82 Å². The van der Waals surface area contributed by atoms with E-state index in [1.54, 1.807) is 24.3 Å². The van der Waals surface area contributed by atoms with Crippen molar-refractivity contribution in [2.24, 2.45) is 0 Å². The van der Waals surface area contributed by atoms with Crippen molar-refractivity contribution in [2.75, 3.05) is 19.7 Å². The smallest absolute Gasteiger partial charge is 0.243 e. The molecule has 0 bridgehead atoms. The van der Waals surface area contributed by atoms with Crippen LogP contribution in [0, 0.1) is 5.82 Å². The molecule has 3 rings (SSSR count). The third-order valence-electron chi connectivity index (χ3n) is 3.70. The van der Waals surface area contributed by atoms with Gasteiger partial charge in [0.05, 0.1) is 17.6 Å². The molecule has 0 aliphatic carbocycles. The normalized spacial score (nSPS) is 19.7. The zero-order chi connectivity index (χ0) is 16.4. The number of halogens is 2.